The van der Waals surface area contributed by atoms with Crippen molar-refractivity contribution in [2.75, 3.05) is 19.5 Å². The molecule has 0 aliphatic carbocycles. The molecule has 0 saturated heterocycles. The van der Waals surface area contributed by atoms with Gasteiger partial charge in [-0.2, -0.15) is 4.68 Å². The highest BCUT2D eigenvalue weighted by molar-refractivity contribution is 7.99. The SMILES string of the molecule is COc1ccc(OC[C@H](O)CSc2nnnn2-c2ccccc2)c(C(C)(C)C)c1. The predicted molar refractivity (Wildman–Crippen MR) is 113 cm³/mol. The number of rotatable bonds is 8. The first-order valence-electron chi connectivity index (χ1n) is 9.34. The molecule has 3 aromatic rings. The van der Waals surface area contributed by atoms with E-state index in [1.165, 1.54) is 11.8 Å². The average molecular weight is 415 g/mol. The molecule has 0 bridgehead atoms. The summed E-state index contributed by atoms with van der Waals surface area (Å²) in [7, 11) is 1.65. The zero-order valence-corrected chi connectivity index (χ0v) is 17.9. The van der Waals surface area contributed by atoms with Crippen LogP contribution in [0.15, 0.2) is 53.7 Å². The van der Waals surface area contributed by atoms with Crippen molar-refractivity contribution in [2.45, 2.75) is 37.4 Å². The van der Waals surface area contributed by atoms with Gasteiger partial charge in [-0.15, -0.1) is 5.10 Å². The number of aromatic nitrogens is 4. The van der Waals surface area contributed by atoms with E-state index in [-0.39, 0.29) is 12.0 Å². The molecule has 0 aliphatic heterocycles. The maximum atomic E-state index is 10.4. The number of hydrogen-bond donors (Lipinski definition) is 1. The van der Waals surface area contributed by atoms with Crippen LogP contribution in [0.2, 0.25) is 0 Å². The lowest BCUT2D eigenvalue weighted by atomic mass is 9.86. The molecular weight excluding hydrogens is 388 g/mol. The Kier molecular flexibility index (Phi) is 6.76. The molecule has 0 fully saturated rings. The van der Waals surface area contributed by atoms with Gasteiger partial charge in [-0.05, 0) is 46.2 Å². The summed E-state index contributed by atoms with van der Waals surface area (Å²) in [6.45, 7) is 6.52. The Morgan fingerprint density at radius 3 is 2.59 bits per heavy atom. The second-order valence-corrected chi connectivity index (χ2v) is 8.58. The van der Waals surface area contributed by atoms with Gasteiger partial charge < -0.3 is 14.6 Å². The summed E-state index contributed by atoms with van der Waals surface area (Å²) >= 11 is 1.38. The zero-order chi connectivity index (χ0) is 20.9. The molecule has 1 aromatic heterocycles. The highest BCUT2D eigenvalue weighted by Crippen LogP contribution is 2.34. The van der Waals surface area contributed by atoms with Crippen LogP contribution in [0.3, 0.4) is 0 Å². The molecule has 1 heterocycles. The van der Waals surface area contributed by atoms with E-state index >= 15 is 0 Å². The van der Waals surface area contributed by atoms with Crippen molar-refractivity contribution < 1.29 is 14.6 Å². The van der Waals surface area contributed by atoms with Gasteiger partial charge in [-0.1, -0.05) is 50.7 Å². The maximum absolute atomic E-state index is 10.4. The van der Waals surface area contributed by atoms with Crippen LogP contribution in [0.1, 0.15) is 26.3 Å². The minimum absolute atomic E-state index is 0.110. The molecule has 154 valence electrons. The van der Waals surface area contributed by atoms with E-state index < -0.39 is 6.10 Å². The Bertz CT molecular complexity index is 925. The monoisotopic (exact) mass is 414 g/mol. The van der Waals surface area contributed by atoms with Crippen LogP contribution in [0.4, 0.5) is 0 Å². The fraction of sp³-hybridized carbons (Fsp3) is 0.381. The van der Waals surface area contributed by atoms with E-state index in [0.717, 1.165) is 22.7 Å². The quantitative estimate of drug-likeness (QED) is 0.565. The van der Waals surface area contributed by atoms with Gasteiger partial charge in [0, 0.05) is 11.3 Å². The molecule has 0 amide bonds. The number of thioether (sulfide) groups is 1. The summed E-state index contributed by atoms with van der Waals surface area (Å²) < 4.78 is 12.9. The van der Waals surface area contributed by atoms with Gasteiger partial charge in [-0.3, -0.25) is 0 Å². The van der Waals surface area contributed by atoms with E-state index in [4.69, 9.17) is 9.47 Å². The fourth-order valence-corrected chi connectivity index (χ4v) is 3.55. The van der Waals surface area contributed by atoms with Gasteiger partial charge in [0.2, 0.25) is 5.16 Å². The molecule has 0 unspecified atom stereocenters. The number of nitrogens with zero attached hydrogens (tertiary/aromatic N) is 4. The van der Waals surface area contributed by atoms with Gasteiger partial charge in [0.15, 0.2) is 0 Å². The Labute approximate surface area is 175 Å². The third-order valence-electron chi connectivity index (χ3n) is 4.27. The van der Waals surface area contributed by atoms with Crippen LogP contribution < -0.4 is 9.47 Å². The highest BCUT2D eigenvalue weighted by Gasteiger charge is 2.21. The first kappa shape index (κ1) is 21.1. The van der Waals surface area contributed by atoms with Gasteiger partial charge >= 0.3 is 0 Å². The number of benzene rings is 2. The fourth-order valence-electron chi connectivity index (χ4n) is 2.75. The number of hydrogen-bond acceptors (Lipinski definition) is 7. The Morgan fingerprint density at radius 2 is 1.90 bits per heavy atom. The first-order chi connectivity index (χ1) is 13.9. The minimum atomic E-state index is -0.671. The highest BCUT2D eigenvalue weighted by atomic mass is 32.2. The number of methoxy groups -OCH3 is 1. The molecule has 2 aromatic carbocycles. The first-order valence-corrected chi connectivity index (χ1v) is 10.3. The van der Waals surface area contributed by atoms with Crippen LogP contribution in [0.5, 0.6) is 11.5 Å². The molecule has 1 N–H and O–H groups in total. The molecule has 3 rings (SSSR count). The average Bonchev–Trinajstić information content (AvgIpc) is 3.19. The van der Waals surface area contributed by atoms with Crippen molar-refractivity contribution in [3.05, 3.63) is 54.1 Å². The number of para-hydroxylation sites is 1. The van der Waals surface area contributed by atoms with Gasteiger partial charge in [0.1, 0.15) is 18.1 Å². The van der Waals surface area contributed by atoms with Crippen molar-refractivity contribution in [3.8, 4) is 17.2 Å². The van der Waals surface area contributed by atoms with E-state index in [1.807, 2.05) is 48.5 Å². The Morgan fingerprint density at radius 1 is 1.14 bits per heavy atom. The molecule has 0 saturated carbocycles. The second-order valence-electron chi connectivity index (χ2n) is 7.60. The summed E-state index contributed by atoms with van der Waals surface area (Å²) in [6, 6.07) is 15.4. The molecule has 8 heteroatoms. The van der Waals surface area contributed by atoms with Crippen LogP contribution in [0, 0.1) is 0 Å². The molecule has 0 spiro atoms. The van der Waals surface area contributed by atoms with E-state index in [0.29, 0.717) is 10.9 Å². The Hall–Kier alpha value is -2.58. The largest absolute Gasteiger partial charge is 0.497 e. The summed E-state index contributed by atoms with van der Waals surface area (Å²) in [5.74, 6) is 1.94. The normalized spacial score (nSPS) is 12.6. The molecule has 1 atom stereocenters. The number of tetrazole rings is 1. The number of aliphatic hydroxyl groups excluding tert-OH is 1. The van der Waals surface area contributed by atoms with Gasteiger partial charge in [0.25, 0.3) is 0 Å². The summed E-state index contributed by atoms with van der Waals surface area (Å²) in [6.07, 6.45) is -0.671. The van der Waals surface area contributed by atoms with E-state index in [2.05, 4.69) is 36.3 Å². The maximum Gasteiger partial charge on any atom is 0.214 e. The van der Waals surface area contributed by atoms with Crippen molar-refractivity contribution in [2.24, 2.45) is 0 Å². The van der Waals surface area contributed by atoms with Crippen molar-refractivity contribution >= 4 is 11.8 Å². The number of ether oxygens (including phenoxy) is 2. The lowest BCUT2D eigenvalue weighted by Gasteiger charge is -2.24. The van der Waals surface area contributed by atoms with Crippen molar-refractivity contribution in [3.63, 3.8) is 0 Å². The van der Waals surface area contributed by atoms with Crippen LogP contribution in [0.25, 0.3) is 5.69 Å². The lowest BCUT2D eigenvalue weighted by Crippen LogP contribution is -2.22. The molecule has 29 heavy (non-hydrogen) atoms. The summed E-state index contributed by atoms with van der Waals surface area (Å²) in [4.78, 5) is 0. The van der Waals surface area contributed by atoms with Crippen molar-refractivity contribution in [1.29, 1.82) is 0 Å². The van der Waals surface area contributed by atoms with Gasteiger partial charge in [0.05, 0.1) is 18.9 Å². The molecule has 7 nitrogen and oxygen atoms in total. The van der Waals surface area contributed by atoms with Gasteiger partial charge in [-0.25, -0.2) is 0 Å². The topological polar surface area (TPSA) is 82.3 Å². The third kappa shape index (κ3) is 5.48. The Balaban J connectivity index is 1.61. The van der Waals surface area contributed by atoms with E-state index in [1.54, 1.807) is 11.8 Å². The second kappa shape index (κ2) is 9.28. The molecule has 0 radical (unpaired) electrons. The third-order valence-corrected chi connectivity index (χ3v) is 5.34. The van der Waals surface area contributed by atoms with Crippen LogP contribution in [-0.2, 0) is 5.41 Å². The molecule has 0 aliphatic rings. The summed E-state index contributed by atoms with van der Waals surface area (Å²) in [5.41, 5.74) is 1.80. The zero-order valence-electron chi connectivity index (χ0n) is 17.1. The lowest BCUT2D eigenvalue weighted by molar-refractivity contribution is 0.125. The standard InChI is InChI=1S/C21H26N4O3S/c1-21(2,3)18-12-17(27-4)10-11-19(18)28-13-16(26)14-29-20-22-23-24-25(20)15-8-6-5-7-9-15/h5-12,16,26H,13-14H2,1-4H3/t16-/m0/s1. The van der Waals surface area contributed by atoms with Crippen LogP contribution >= 0.6 is 11.8 Å². The summed E-state index contributed by atoms with van der Waals surface area (Å²) in [5, 5.41) is 22.8. The number of aliphatic hydroxyl groups is 1. The van der Waals surface area contributed by atoms with Crippen molar-refractivity contribution in [1.82, 2.24) is 20.2 Å². The predicted octanol–water partition coefficient (Wildman–Crippen LogP) is 3.50. The van der Waals surface area contributed by atoms with E-state index in [9.17, 15) is 5.11 Å². The van der Waals surface area contributed by atoms with Crippen LogP contribution in [-0.4, -0.2) is 50.9 Å². The smallest absolute Gasteiger partial charge is 0.214 e. The minimum Gasteiger partial charge on any atom is -0.497 e. The molecular formula is C21H26N4O3S.